The van der Waals surface area contributed by atoms with Crippen molar-refractivity contribution in [3.63, 3.8) is 0 Å². The molecule has 1 aromatic heterocycles. The second-order valence-corrected chi connectivity index (χ2v) is 8.34. The SMILES string of the molecule is COC(C)(C)C#Cc1cc(F)c2c(c1)C1(COC(N)=N1)c1cc(-c3cncnc3)ccc1O2. The summed E-state index contributed by atoms with van der Waals surface area (Å²) in [6.07, 6.45) is 4.90. The molecule has 166 valence electrons. The van der Waals surface area contributed by atoms with Crippen molar-refractivity contribution in [2.75, 3.05) is 13.7 Å². The van der Waals surface area contributed by atoms with Crippen LogP contribution in [0.15, 0.2) is 54.0 Å². The van der Waals surface area contributed by atoms with Gasteiger partial charge in [-0.25, -0.2) is 19.4 Å². The average Bonchev–Trinajstić information content (AvgIpc) is 3.21. The Labute approximate surface area is 190 Å². The summed E-state index contributed by atoms with van der Waals surface area (Å²) in [5.74, 6) is 6.02. The Morgan fingerprint density at radius 1 is 1.12 bits per heavy atom. The number of rotatable bonds is 2. The number of hydrogen-bond donors (Lipinski definition) is 1. The van der Waals surface area contributed by atoms with Crippen molar-refractivity contribution in [3.05, 3.63) is 71.6 Å². The molecule has 3 aromatic rings. The highest BCUT2D eigenvalue weighted by Gasteiger charge is 2.48. The van der Waals surface area contributed by atoms with Gasteiger partial charge in [0.2, 0.25) is 0 Å². The van der Waals surface area contributed by atoms with Gasteiger partial charge >= 0.3 is 0 Å². The maximum Gasteiger partial charge on any atom is 0.283 e. The molecule has 1 unspecified atom stereocenters. The van der Waals surface area contributed by atoms with Crippen molar-refractivity contribution in [2.45, 2.75) is 25.0 Å². The summed E-state index contributed by atoms with van der Waals surface area (Å²) < 4.78 is 32.2. The number of aliphatic imine (C=N–C) groups is 1. The molecule has 8 heteroatoms. The summed E-state index contributed by atoms with van der Waals surface area (Å²) >= 11 is 0. The fourth-order valence-electron chi connectivity index (χ4n) is 3.88. The van der Waals surface area contributed by atoms with Crippen molar-refractivity contribution in [2.24, 2.45) is 10.7 Å². The van der Waals surface area contributed by atoms with Gasteiger partial charge in [0.05, 0.1) is 0 Å². The van der Waals surface area contributed by atoms with Crippen molar-refractivity contribution >= 4 is 6.02 Å². The predicted molar refractivity (Wildman–Crippen MR) is 120 cm³/mol. The third kappa shape index (κ3) is 3.56. The number of aromatic nitrogens is 2. The van der Waals surface area contributed by atoms with Gasteiger partial charge in [-0.2, -0.15) is 0 Å². The second-order valence-electron chi connectivity index (χ2n) is 8.34. The molecule has 0 radical (unpaired) electrons. The molecule has 5 rings (SSSR count). The van der Waals surface area contributed by atoms with Crippen LogP contribution < -0.4 is 10.5 Å². The number of fused-ring (bicyclic) bond motifs is 4. The molecule has 0 fully saturated rings. The minimum absolute atomic E-state index is 0.0275. The predicted octanol–water partition coefficient (Wildman–Crippen LogP) is 3.75. The molecule has 0 saturated carbocycles. The van der Waals surface area contributed by atoms with Crippen LogP contribution in [0, 0.1) is 17.7 Å². The van der Waals surface area contributed by atoms with E-state index in [1.807, 2.05) is 26.0 Å². The zero-order valence-electron chi connectivity index (χ0n) is 18.3. The van der Waals surface area contributed by atoms with Crippen LogP contribution in [0.25, 0.3) is 11.1 Å². The molecule has 2 aliphatic heterocycles. The van der Waals surface area contributed by atoms with Crippen LogP contribution in [0.2, 0.25) is 0 Å². The first kappa shape index (κ1) is 20.9. The van der Waals surface area contributed by atoms with Gasteiger partial charge in [0, 0.05) is 41.8 Å². The minimum Gasteiger partial charge on any atom is -0.462 e. The smallest absolute Gasteiger partial charge is 0.283 e. The number of nitrogens with zero attached hydrogens (tertiary/aromatic N) is 3. The Kier molecular flexibility index (Phi) is 4.80. The van der Waals surface area contributed by atoms with E-state index < -0.39 is 17.0 Å². The first-order valence-corrected chi connectivity index (χ1v) is 10.3. The highest BCUT2D eigenvalue weighted by atomic mass is 19.1. The van der Waals surface area contributed by atoms with E-state index in [2.05, 4.69) is 26.8 Å². The van der Waals surface area contributed by atoms with Crippen LogP contribution in [0.4, 0.5) is 4.39 Å². The molecule has 0 aliphatic carbocycles. The van der Waals surface area contributed by atoms with Crippen LogP contribution in [0.1, 0.15) is 30.5 Å². The first-order chi connectivity index (χ1) is 15.8. The Morgan fingerprint density at radius 3 is 2.61 bits per heavy atom. The minimum atomic E-state index is -1.08. The van der Waals surface area contributed by atoms with Gasteiger partial charge in [0.1, 0.15) is 24.3 Å². The van der Waals surface area contributed by atoms with Gasteiger partial charge in [0.15, 0.2) is 17.1 Å². The molecule has 0 amide bonds. The summed E-state index contributed by atoms with van der Waals surface area (Å²) in [6.45, 7) is 3.78. The molecule has 33 heavy (non-hydrogen) atoms. The van der Waals surface area contributed by atoms with Gasteiger partial charge in [-0.3, -0.25) is 0 Å². The molecule has 2 aromatic carbocycles. The second kappa shape index (κ2) is 7.57. The van der Waals surface area contributed by atoms with E-state index in [9.17, 15) is 0 Å². The monoisotopic (exact) mass is 444 g/mol. The third-order valence-corrected chi connectivity index (χ3v) is 5.77. The fourth-order valence-corrected chi connectivity index (χ4v) is 3.88. The third-order valence-electron chi connectivity index (χ3n) is 5.77. The highest BCUT2D eigenvalue weighted by Crippen LogP contribution is 2.52. The lowest BCUT2D eigenvalue weighted by Gasteiger charge is -2.34. The summed E-state index contributed by atoms with van der Waals surface area (Å²) in [4.78, 5) is 12.8. The van der Waals surface area contributed by atoms with Gasteiger partial charge in [-0.15, -0.1) is 0 Å². The lowest BCUT2D eigenvalue weighted by atomic mass is 9.79. The molecule has 0 bridgehead atoms. The normalized spacial score (nSPS) is 18.4. The number of methoxy groups -OCH3 is 1. The maximum atomic E-state index is 15.2. The van der Waals surface area contributed by atoms with Crippen LogP contribution in [-0.4, -0.2) is 35.3 Å². The lowest BCUT2D eigenvalue weighted by Crippen LogP contribution is -2.31. The first-order valence-electron chi connectivity index (χ1n) is 10.3. The van der Waals surface area contributed by atoms with E-state index in [4.69, 9.17) is 19.9 Å². The Bertz CT molecular complexity index is 1340. The summed E-state index contributed by atoms with van der Waals surface area (Å²) in [5, 5.41) is 0. The summed E-state index contributed by atoms with van der Waals surface area (Å²) in [5.41, 5.74) is 7.54. The molecule has 2 N–H and O–H groups in total. The summed E-state index contributed by atoms with van der Waals surface area (Å²) in [7, 11) is 1.57. The fraction of sp³-hybridized carbons (Fsp3) is 0.240. The average molecular weight is 444 g/mol. The number of benzene rings is 2. The van der Waals surface area contributed by atoms with Crippen molar-refractivity contribution in [1.29, 1.82) is 0 Å². The molecule has 1 atom stereocenters. The van der Waals surface area contributed by atoms with Gasteiger partial charge < -0.3 is 19.9 Å². The maximum absolute atomic E-state index is 15.2. The largest absolute Gasteiger partial charge is 0.462 e. The number of hydrogen-bond acceptors (Lipinski definition) is 7. The molecule has 2 aliphatic rings. The number of amidine groups is 1. The number of nitrogens with two attached hydrogens (primary N) is 1. The zero-order chi connectivity index (χ0) is 23.2. The molecular formula is C25H21FN4O3. The Morgan fingerprint density at radius 2 is 1.91 bits per heavy atom. The number of halogens is 1. The van der Waals surface area contributed by atoms with E-state index in [-0.39, 0.29) is 18.4 Å². The summed E-state index contributed by atoms with van der Waals surface area (Å²) in [6, 6.07) is 8.70. The lowest BCUT2D eigenvalue weighted by molar-refractivity contribution is 0.0741. The zero-order valence-corrected chi connectivity index (χ0v) is 18.3. The quantitative estimate of drug-likeness (QED) is 0.606. The van der Waals surface area contributed by atoms with E-state index in [1.165, 1.54) is 12.4 Å². The molecule has 7 nitrogen and oxygen atoms in total. The van der Waals surface area contributed by atoms with Crippen molar-refractivity contribution in [1.82, 2.24) is 9.97 Å². The van der Waals surface area contributed by atoms with Crippen LogP contribution in [0.3, 0.4) is 0 Å². The van der Waals surface area contributed by atoms with E-state index in [0.29, 0.717) is 22.4 Å². The molecule has 0 saturated heterocycles. The molecule has 1 spiro atoms. The molecule has 3 heterocycles. The Hall–Kier alpha value is -3.96. The van der Waals surface area contributed by atoms with Gasteiger partial charge in [-0.05, 0) is 43.7 Å². The van der Waals surface area contributed by atoms with Gasteiger partial charge in [-0.1, -0.05) is 17.9 Å². The topological polar surface area (TPSA) is 91.9 Å². The van der Waals surface area contributed by atoms with Crippen molar-refractivity contribution < 1.29 is 18.6 Å². The molecular weight excluding hydrogens is 423 g/mol. The van der Waals surface area contributed by atoms with Crippen LogP contribution in [-0.2, 0) is 15.0 Å². The van der Waals surface area contributed by atoms with Crippen molar-refractivity contribution in [3.8, 4) is 34.5 Å². The van der Waals surface area contributed by atoms with Crippen LogP contribution in [0.5, 0.6) is 11.5 Å². The van der Waals surface area contributed by atoms with E-state index in [1.54, 1.807) is 31.6 Å². The van der Waals surface area contributed by atoms with E-state index >= 15 is 4.39 Å². The highest BCUT2D eigenvalue weighted by molar-refractivity contribution is 5.78. The van der Waals surface area contributed by atoms with Gasteiger partial charge in [0.25, 0.3) is 6.02 Å². The van der Waals surface area contributed by atoms with Crippen LogP contribution >= 0.6 is 0 Å². The number of ether oxygens (including phenoxy) is 3. The standard InChI is InChI=1S/C25H21FN4O3/c1-24(2,31-3)7-6-15-8-19-22(20(26)9-15)33-21-5-4-16(17-11-28-14-29-12-17)10-18(21)25(19)13-32-23(27)30-25/h4-5,8-12,14H,13H2,1-3H3,(H2,27,30). The Balaban J connectivity index is 1.70. The van der Waals surface area contributed by atoms with E-state index in [0.717, 1.165) is 11.1 Å².